The van der Waals surface area contributed by atoms with E-state index >= 15 is 0 Å². The minimum atomic E-state index is 0.664. The summed E-state index contributed by atoms with van der Waals surface area (Å²) in [7, 11) is 3.95. The van der Waals surface area contributed by atoms with Crippen molar-refractivity contribution in [2.75, 3.05) is 19.0 Å². The molecule has 2 rings (SSSR count). The van der Waals surface area contributed by atoms with Crippen LogP contribution in [0.4, 0.5) is 5.82 Å². The van der Waals surface area contributed by atoms with Gasteiger partial charge < -0.3 is 4.90 Å². The molecule has 0 fully saturated rings. The van der Waals surface area contributed by atoms with Crippen LogP contribution >= 0.6 is 0 Å². The summed E-state index contributed by atoms with van der Waals surface area (Å²) in [5, 5.41) is 1.06. The molecule has 3 nitrogen and oxygen atoms in total. The molecule has 3 heteroatoms. The van der Waals surface area contributed by atoms with Crippen molar-refractivity contribution in [3.8, 4) is 0 Å². The van der Waals surface area contributed by atoms with Crippen LogP contribution in [-0.4, -0.2) is 24.1 Å². The first kappa shape index (κ1) is 9.65. The molecule has 0 bridgehead atoms. The van der Waals surface area contributed by atoms with E-state index in [9.17, 15) is 0 Å². The van der Waals surface area contributed by atoms with Crippen LogP contribution in [-0.2, 0) is 0 Å². The monoisotopic (exact) mass is 199 g/mol. The van der Waals surface area contributed by atoms with Crippen molar-refractivity contribution in [2.24, 2.45) is 0 Å². The largest absolute Gasteiger partial charge is 0.362 e. The van der Waals surface area contributed by atoms with Crippen LogP contribution < -0.4 is 4.90 Å². The van der Waals surface area contributed by atoms with Crippen LogP contribution in [0.15, 0.2) is 30.8 Å². The number of para-hydroxylation sites is 1. The Kier molecular flexibility index (Phi) is 2.37. The maximum absolute atomic E-state index is 4.42. The number of anilines is 1. The molecule has 0 aliphatic carbocycles. The molecule has 0 spiro atoms. The minimum Gasteiger partial charge on any atom is -0.362 e. The maximum Gasteiger partial charge on any atom is 0.154 e. The first-order valence-electron chi connectivity index (χ1n) is 4.79. The molecule has 76 valence electrons. The summed E-state index contributed by atoms with van der Waals surface area (Å²) in [6.07, 6.45) is 1.67. The number of rotatable bonds is 2. The van der Waals surface area contributed by atoms with Crippen molar-refractivity contribution in [2.45, 2.75) is 0 Å². The summed E-state index contributed by atoms with van der Waals surface area (Å²) in [4.78, 5) is 10.8. The first-order valence-corrected chi connectivity index (χ1v) is 4.79. The summed E-state index contributed by atoms with van der Waals surface area (Å²) in [6, 6.07) is 7.97. The average molecular weight is 199 g/mol. The zero-order valence-corrected chi connectivity index (χ0v) is 8.94. The molecule has 1 aromatic carbocycles. The van der Waals surface area contributed by atoms with E-state index in [1.54, 1.807) is 6.08 Å². The quantitative estimate of drug-likeness (QED) is 0.743. The van der Waals surface area contributed by atoms with Crippen LogP contribution in [0.25, 0.3) is 17.0 Å². The highest BCUT2D eigenvalue weighted by Crippen LogP contribution is 2.22. The summed E-state index contributed by atoms with van der Waals surface area (Å²) < 4.78 is 0. The maximum atomic E-state index is 4.42. The van der Waals surface area contributed by atoms with Gasteiger partial charge in [0, 0.05) is 19.5 Å². The Morgan fingerprint density at radius 3 is 2.60 bits per heavy atom. The lowest BCUT2D eigenvalue weighted by atomic mass is 10.2. The third kappa shape index (κ3) is 1.68. The van der Waals surface area contributed by atoms with E-state index in [0.29, 0.717) is 5.82 Å². The van der Waals surface area contributed by atoms with Gasteiger partial charge in [0.2, 0.25) is 0 Å². The fraction of sp³-hybridized carbons (Fsp3) is 0.167. The molecule has 0 aliphatic rings. The predicted molar refractivity (Wildman–Crippen MR) is 64.0 cm³/mol. The zero-order valence-electron chi connectivity index (χ0n) is 8.94. The van der Waals surface area contributed by atoms with Crippen LogP contribution in [0.2, 0.25) is 0 Å². The van der Waals surface area contributed by atoms with Crippen LogP contribution in [0, 0.1) is 0 Å². The van der Waals surface area contributed by atoms with Crippen molar-refractivity contribution in [3.63, 3.8) is 0 Å². The Bertz CT molecular complexity index is 503. The summed E-state index contributed by atoms with van der Waals surface area (Å²) in [6.45, 7) is 3.69. The van der Waals surface area contributed by atoms with Gasteiger partial charge in [0.05, 0.1) is 5.52 Å². The van der Waals surface area contributed by atoms with E-state index in [4.69, 9.17) is 0 Å². The normalized spacial score (nSPS) is 10.3. The van der Waals surface area contributed by atoms with E-state index in [0.717, 1.165) is 16.7 Å². The molecule has 0 saturated carbocycles. The van der Waals surface area contributed by atoms with Crippen molar-refractivity contribution in [3.05, 3.63) is 36.7 Å². The second-order valence-corrected chi connectivity index (χ2v) is 3.52. The molecule has 1 heterocycles. The molecular weight excluding hydrogens is 186 g/mol. The first-order chi connectivity index (χ1) is 7.22. The van der Waals surface area contributed by atoms with Crippen LogP contribution in [0.3, 0.4) is 0 Å². The van der Waals surface area contributed by atoms with Crippen molar-refractivity contribution >= 4 is 22.8 Å². The van der Waals surface area contributed by atoms with Gasteiger partial charge in [0.15, 0.2) is 5.82 Å². The Balaban J connectivity index is 2.80. The Hall–Kier alpha value is -1.90. The molecule has 15 heavy (non-hydrogen) atoms. The summed E-state index contributed by atoms with van der Waals surface area (Å²) >= 11 is 0. The number of nitrogens with zero attached hydrogens (tertiary/aromatic N) is 3. The van der Waals surface area contributed by atoms with Gasteiger partial charge in [-0.2, -0.15) is 0 Å². The van der Waals surface area contributed by atoms with Crippen molar-refractivity contribution in [1.82, 2.24) is 9.97 Å². The van der Waals surface area contributed by atoms with Gasteiger partial charge in [-0.15, -0.1) is 0 Å². The zero-order chi connectivity index (χ0) is 10.8. The number of hydrogen-bond acceptors (Lipinski definition) is 3. The van der Waals surface area contributed by atoms with Gasteiger partial charge in [-0.25, -0.2) is 9.97 Å². The third-order valence-electron chi connectivity index (χ3n) is 2.21. The summed E-state index contributed by atoms with van der Waals surface area (Å²) in [5.41, 5.74) is 0.950. The molecule has 0 amide bonds. The van der Waals surface area contributed by atoms with Crippen molar-refractivity contribution in [1.29, 1.82) is 0 Å². The van der Waals surface area contributed by atoms with Crippen LogP contribution in [0.5, 0.6) is 0 Å². The van der Waals surface area contributed by atoms with Crippen LogP contribution in [0.1, 0.15) is 5.82 Å². The lowest BCUT2D eigenvalue weighted by Gasteiger charge is -2.14. The topological polar surface area (TPSA) is 29.0 Å². The number of fused-ring (bicyclic) bond motifs is 1. The number of benzene rings is 1. The molecule has 0 unspecified atom stereocenters. The predicted octanol–water partition coefficient (Wildman–Crippen LogP) is 2.34. The minimum absolute atomic E-state index is 0.664. The second kappa shape index (κ2) is 3.69. The Morgan fingerprint density at radius 2 is 1.93 bits per heavy atom. The lowest BCUT2D eigenvalue weighted by molar-refractivity contribution is 1.05. The Morgan fingerprint density at radius 1 is 1.20 bits per heavy atom. The van der Waals surface area contributed by atoms with E-state index in [1.807, 2.05) is 43.3 Å². The van der Waals surface area contributed by atoms with Gasteiger partial charge in [0.1, 0.15) is 5.82 Å². The number of hydrogen-bond donors (Lipinski definition) is 0. The molecule has 0 radical (unpaired) electrons. The van der Waals surface area contributed by atoms with Crippen molar-refractivity contribution < 1.29 is 0 Å². The van der Waals surface area contributed by atoms with Gasteiger partial charge >= 0.3 is 0 Å². The van der Waals surface area contributed by atoms with E-state index in [-0.39, 0.29) is 0 Å². The van der Waals surface area contributed by atoms with E-state index in [1.165, 1.54) is 0 Å². The lowest BCUT2D eigenvalue weighted by Crippen LogP contribution is -2.12. The van der Waals surface area contributed by atoms with E-state index in [2.05, 4.69) is 16.5 Å². The third-order valence-corrected chi connectivity index (χ3v) is 2.21. The fourth-order valence-corrected chi connectivity index (χ4v) is 1.51. The SMILES string of the molecule is C=Cc1nc(N(C)C)c2ccccc2n1. The van der Waals surface area contributed by atoms with Gasteiger partial charge in [-0.3, -0.25) is 0 Å². The molecule has 0 atom stereocenters. The second-order valence-electron chi connectivity index (χ2n) is 3.52. The Labute approximate surface area is 89.1 Å². The number of aromatic nitrogens is 2. The molecule has 0 saturated heterocycles. The van der Waals surface area contributed by atoms with Gasteiger partial charge in [-0.05, 0) is 18.2 Å². The molecule has 2 aromatic rings. The average Bonchev–Trinajstić information content (AvgIpc) is 2.27. The highest BCUT2D eigenvalue weighted by Gasteiger charge is 2.06. The highest BCUT2D eigenvalue weighted by molar-refractivity contribution is 5.89. The standard InChI is InChI=1S/C12H13N3/c1-4-11-13-10-8-6-5-7-9(10)12(14-11)15(2)3/h4-8H,1H2,2-3H3. The summed E-state index contributed by atoms with van der Waals surface area (Å²) in [5.74, 6) is 1.59. The van der Waals surface area contributed by atoms with Gasteiger partial charge in [-0.1, -0.05) is 18.7 Å². The smallest absolute Gasteiger partial charge is 0.154 e. The molecular formula is C12H13N3. The highest BCUT2D eigenvalue weighted by atomic mass is 15.1. The molecule has 1 aromatic heterocycles. The molecule has 0 N–H and O–H groups in total. The van der Waals surface area contributed by atoms with Gasteiger partial charge in [0.25, 0.3) is 0 Å². The van der Waals surface area contributed by atoms with E-state index < -0.39 is 0 Å². The fourth-order valence-electron chi connectivity index (χ4n) is 1.51. The molecule has 0 aliphatic heterocycles.